The van der Waals surface area contributed by atoms with Crippen molar-refractivity contribution in [2.45, 2.75) is 132 Å². The number of aromatic nitrogens is 2. The van der Waals surface area contributed by atoms with Gasteiger partial charge >= 0.3 is 0 Å². The van der Waals surface area contributed by atoms with Gasteiger partial charge in [-0.15, -0.1) is 0 Å². The van der Waals surface area contributed by atoms with Crippen LogP contribution < -0.4 is 10.6 Å². The molecule has 2 aliphatic rings. The van der Waals surface area contributed by atoms with Crippen molar-refractivity contribution >= 4 is 33.6 Å². The van der Waals surface area contributed by atoms with E-state index in [2.05, 4.69) is 106 Å². The fourth-order valence-corrected chi connectivity index (χ4v) is 8.35. The van der Waals surface area contributed by atoms with Crippen molar-refractivity contribution in [1.29, 1.82) is 0 Å². The third-order valence-electron chi connectivity index (χ3n) is 11.4. The maximum atomic E-state index is 13.7. The Morgan fingerprint density at radius 2 is 1.27 bits per heavy atom. The lowest BCUT2D eigenvalue weighted by atomic mass is 9.73. The highest BCUT2D eigenvalue weighted by Crippen LogP contribution is 2.41. The number of carbonyl (C=O) groups excluding carboxylic acids is 2. The SMILES string of the molecule is C=C/C=C(\C=C/C)NC(=O)C(C)C1CCC(c2ccnc3ccccc23)CC1.C=C/C=C\C(=C/C)NC(=O)CC1CCC(c2ccnc3ccc(F)cc23)CC1.CC(C)C.CC(C)C. The first-order valence-electron chi connectivity index (χ1n) is 23.6. The first-order valence-corrected chi connectivity index (χ1v) is 23.6. The van der Waals surface area contributed by atoms with Crippen molar-refractivity contribution in [2.75, 3.05) is 0 Å². The minimum absolute atomic E-state index is 0.00797. The van der Waals surface area contributed by atoms with Crippen LogP contribution in [-0.4, -0.2) is 21.8 Å². The van der Waals surface area contributed by atoms with Crippen molar-refractivity contribution in [3.63, 3.8) is 0 Å². The summed E-state index contributed by atoms with van der Waals surface area (Å²) in [6.45, 7) is 26.3. The van der Waals surface area contributed by atoms with Gasteiger partial charge in [0.05, 0.1) is 11.0 Å². The molecule has 64 heavy (non-hydrogen) atoms. The Morgan fingerprint density at radius 1 is 0.703 bits per heavy atom. The largest absolute Gasteiger partial charge is 0.326 e. The quantitative estimate of drug-likeness (QED) is 0.139. The van der Waals surface area contributed by atoms with Gasteiger partial charge in [-0.2, -0.15) is 0 Å². The molecule has 0 radical (unpaired) electrons. The lowest BCUT2D eigenvalue weighted by Crippen LogP contribution is -2.34. The Morgan fingerprint density at radius 3 is 1.83 bits per heavy atom. The summed E-state index contributed by atoms with van der Waals surface area (Å²) in [7, 11) is 0. The van der Waals surface area contributed by atoms with Gasteiger partial charge in [0.15, 0.2) is 0 Å². The number of allylic oxidation sites excluding steroid dienone is 8. The predicted octanol–water partition coefficient (Wildman–Crippen LogP) is 15.0. The van der Waals surface area contributed by atoms with Crippen LogP contribution in [0.2, 0.25) is 0 Å². The lowest BCUT2D eigenvalue weighted by Gasteiger charge is -2.32. The number of carbonyl (C=O) groups is 2. The molecule has 2 heterocycles. The number of amides is 2. The topological polar surface area (TPSA) is 84.0 Å². The normalized spacial score (nSPS) is 19.5. The fourth-order valence-electron chi connectivity index (χ4n) is 8.35. The molecule has 0 spiro atoms. The van der Waals surface area contributed by atoms with Gasteiger partial charge in [0.1, 0.15) is 5.82 Å². The maximum Gasteiger partial charge on any atom is 0.227 e. The molecule has 7 heteroatoms. The van der Waals surface area contributed by atoms with Crippen molar-refractivity contribution in [2.24, 2.45) is 29.6 Å². The molecule has 2 fully saturated rings. The zero-order valence-corrected chi connectivity index (χ0v) is 40.4. The Labute approximate surface area is 385 Å². The van der Waals surface area contributed by atoms with E-state index in [9.17, 15) is 14.0 Å². The molecule has 1 unspecified atom stereocenters. The summed E-state index contributed by atoms with van der Waals surface area (Å²) < 4.78 is 13.7. The predicted molar refractivity (Wildman–Crippen MR) is 270 cm³/mol. The second kappa shape index (κ2) is 28.4. The van der Waals surface area contributed by atoms with Gasteiger partial charge in [-0.05, 0) is 166 Å². The van der Waals surface area contributed by atoms with Crippen LogP contribution in [0.5, 0.6) is 0 Å². The van der Waals surface area contributed by atoms with E-state index >= 15 is 0 Å². The molecule has 2 aliphatic carbocycles. The van der Waals surface area contributed by atoms with E-state index in [0.717, 1.165) is 91.0 Å². The molecule has 0 aliphatic heterocycles. The number of pyridine rings is 2. The second-order valence-corrected chi connectivity index (χ2v) is 18.5. The zero-order chi connectivity index (χ0) is 47.0. The second-order valence-electron chi connectivity index (χ2n) is 18.5. The standard InChI is InChI=1S/C25H30N2O.C24H27FN2O.2C4H10/c1-4-8-21(9-5-2)27-25(28)18(3)19-12-14-20(15-13-19)22-16-17-26-24-11-7-6-10-23(22)24;1-3-5-6-20(4-2)27-24(28)15-17-7-9-18(10-8-17)21-13-14-26-23-12-11-19(25)16-22(21)23;2*1-4(2)3/h4-11,16-20H,1,12-15H2,2-3H3,(H,27,28);3-6,11-14,16-18H,1,7-10,15H2,2H3,(H,27,28);2*4H,1-3H3/b9-5-,21-8+;6-5-,20-4+;;. The number of hydrogen-bond donors (Lipinski definition) is 2. The summed E-state index contributed by atoms with van der Waals surface area (Å²) in [6, 6.07) is 17.4. The van der Waals surface area contributed by atoms with Crippen molar-refractivity contribution in [1.82, 2.24) is 20.6 Å². The highest BCUT2D eigenvalue weighted by atomic mass is 19.1. The minimum Gasteiger partial charge on any atom is -0.326 e. The van der Waals surface area contributed by atoms with Crippen LogP contribution >= 0.6 is 0 Å². The number of benzene rings is 2. The van der Waals surface area contributed by atoms with Crippen molar-refractivity contribution in [3.8, 4) is 0 Å². The van der Waals surface area contributed by atoms with Crippen molar-refractivity contribution in [3.05, 3.63) is 157 Å². The van der Waals surface area contributed by atoms with Crippen LogP contribution in [0.1, 0.15) is 143 Å². The van der Waals surface area contributed by atoms with Crippen LogP contribution in [0.3, 0.4) is 0 Å². The summed E-state index contributed by atoms with van der Waals surface area (Å²) in [5.41, 5.74) is 6.09. The third-order valence-corrected chi connectivity index (χ3v) is 11.4. The average molecular weight is 869 g/mol. The highest BCUT2D eigenvalue weighted by molar-refractivity contribution is 5.84. The summed E-state index contributed by atoms with van der Waals surface area (Å²) in [5.74, 6) is 3.38. The average Bonchev–Trinajstić information content (AvgIpc) is 3.27. The zero-order valence-electron chi connectivity index (χ0n) is 40.4. The molecule has 4 aromatic rings. The van der Waals surface area contributed by atoms with E-state index in [-0.39, 0.29) is 23.5 Å². The maximum absolute atomic E-state index is 13.7. The molecule has 344 valence electrons. The molecule has 6 nitrogen and oxygen atoms in total. The number of halogens is 1. The molecule has 2 aromatic heterocycles. The molecular weight excluding hydrogens is 792 g/mol. The van der Waals surface area contributed by atoms with Gasteiger partial charge in [0.2, 0.25) is 11.8 Å². The molecular formula is C57H77FN4O2. The van der Waals surface area contributed by atoms with Gasteiger partial charge in [0, 0.05) is 46.9 Å². The highest BCUT2D eigenvalue weighted by Gasteiger charge is 2.30. The van der Waals surface area contributed by atoms with Gasteiger partial charge in [-0.1, -0.05) is 110 Å². The van der Waals surface area contributed by atoms with E-state index in [1.54, 1.807) is 24.3 Å². The summed E-state index contributed by atoms with van der Waals surface area (Å²) in [4.78, 5) is 33.9. The number of nitrogens with zero attached hydrogens (tertiary/aromatic N) is 2. The van der Waals surface area contributed by atoms with Crippen LogP contribution in [0.15, 0.2) is 140 Å². The molecule has 2 amide bonds. The van der Waals surface area contributed by atoms with Crippen LogP contribution in [0.4, 0.5) is 4.39 Å². The van der Waals surface area contributed by atoms with Crippen molar-refractivity contribution < 1.29 is 14.0 Å². The number of hydrogen-bond acceptors (Lipinski definition) is 4. The van der Waals surface area contributed by atoms with E-state index in [1.165, 1.54) is 22.6 Å². The van der Waals surface area contributed by atoms with Crippen LogP contribution in [0.25, 0.3) is 21.8 Å². The van der Waals surface area contributed by atoms with E-state index < -0.39 is 0 Å². The molecule has 2 aromatic carbocycles. The Bertz CT molecular complexity index is 2180. The van der Waals surface area contributed by atoms with E-state index in [0.29, 0.717) is 30.1 Å². The molecule has 0 bridgehead atoms. The number of rotatable bonds is 12. The van der Waals surface area contributed by atoms with E-state index in [1.807, 2.05) is 74.8 Å². The fraction of sp³-hybridized carbons (Fsp3) is 0.439. The van der Waals surface area contributed by atoms with E-state index in [4.69, 9.17) is 0 Å². The lowest BCUT2D eigenvalue weighted by molar-refractivity contribution is -0.125. The summed E-state index contributed by atoms with van der Waals surface area (Å²) >= 11 is 0. The Balaban J connectivity index is 0.000000291. The molecule has 6 rings (SSSR count). The summed E-state index contributed by atoms with van der Waals surface area (Å²) in [5, 5.41) is 8.18. The first kappa shape index (κ1) is 52.9. The first-order chi connectivity index (χ1) is 30.7. The molecule has 2 N–H and O–H groups in total. The summed E-state index contributed by atoms with van der Waals surface area (Å²) in [6.07, 6.45) is 27.3. The number of nitrogens with one attached hydrogen (secondary N) is 2. The van der Waals surface area contributed by atoms with Crippen LogP contribution in [-0.2, 0) is 9.59 Å². The van der Waals surface area contributed by atoms with Crippen LogP contribution in [0, 0.1) is 35.4 Å². The third kappa shape index (κ3) is 18.0. The van der Waals surface area contributed by atoms with Gasteiger partial charge < -0.3 is 10.6 Å². The Kier molecular flexibility index (Phi) is 23.5. The minimum atomic E-state index is -0.225. The molecule has 1 atom stereocenters. The van der Waals surface area contributed by atoms with Gasteiger partial charge in [-0.3, -0.25) is 19.6 Å². The van der Waals surface area contributed by atoms with Gasteiger partial charge in [-0.25, -0.2) is 4.39 Å². The monoisotopic (exact) mass is 869 g/mol. The number of para-hydroxylation sites is 1. The van der Waals surface area contributed by atoms with Gasteiger partial charge in [0.25, 0.3) is 0 Å². The molecule has 0 saturated heterocycles. The molecule has 2 saturated carbocycles. The Hall–Kier alpha value is -5.43. The number of fused-ring (bicyclic) bond motifs is 2. The smallest absolute Gasteiger partial charge is 0.227 e.